The predicted octanol–water partition coefficient (Wildman–Crippen LogP) is 11.3. The molecule has 0 aliphatic heterocycles. The lowest BCUT2D eigenvalue weighted by Crippen LogP contribution is -2.13. The molecule has 0 atom stereocenters. The van der Waals surface area contributed by atoms with Gasteiger partial charge in [-0.3, -0.25) is 10.1 Å². The third-order valence-electron chi connectivity index (χ3n) is 10.4. The number of nitrogens with zero attached hydrogens (tertiary/aromatic N) is 1. The summed E-state index contributed by atoms with van der Waals surface area (Å²) in [5.74, 6) is -3.56. The molecule has 4 N–H and O–H groups in total. The first kappa shape index (κ1) is 53.6. The molecule has 0 amide bonds. The maximum atomic E-state index is 12.8. The van der Waals surface area contributed by atoms with Crippen LogP contribution in [-0.2, 0) is 20.9 Å². The Kier molecular flexibility index (Phi) is 22.5. The van der Waals surface area contributed by atoms with Crippen LogP contribution in [0.4, 0.5) is 11.4 Å². The standard InChI is InChI=1S/C37H36N2O11.C16H22O3/c1-2-3-4-5-6-7-18-48-33-21-31(38)29(20-32(33)39(46)47)24-10-12-25(13-11-24)36(44)50-27-15-8-23(9-16-27)22-49-37(45)30-19-26(34(40)41)14-17-28(30)35(42)43;1-2-16(17)19-14-10-5-3-4-9-13-18-15-11-7-6-8-12-15/h8-17,19-21H,2-7,18,22,38H2,1H3,(H,40,41)(H,42,43);2,6-8,11-12H,1,3-5,9-10,13-14H2. The van der Waals surface area contributed by atoms with Crippen molar-refractivity contribution in [2.75, 3.05) is 25.6 Å². The number of benzene rings is 5. The molecular weight excluding hydrogens is 889 g/mol. The van der Waals surface area contributed by atoms with Crippen LogP contribution >= 0.6 is 0 Å². The topological polar surface area (TPSA) is 241 Å². The minimum Gasteiger partial charge on any atom is -0.494 e. The monoisotopic (exact) mass is 946 g/mol. The van der Waals surface area contributed by atoms with Crippen molar-refractivity contribution in [2.45, 2.75) is 84.2 Å². The van der Waals surface area contributed by atoms with Gasteiger partial charge >= 0.3 is 35.5 Å². The van der Waals surface area contributed by atoms with Crippen molar-refractivity contribution in [2.24, 2.45) is 0 Å². The summed E-state index contributed by atoms with van der Waals surface area (Å²) in [6.45, 7) is 6.82. The predicted molar refractivity (Wildman–Crippen MR) is 259 cm³/mol. The second-order valence-electron chi connectivity index (χ2n) is 15.6. The number of carbonyl (C=O) groups is 5. The van der Waals surface area contributed by atoms with Crippen molar-refractivity contribution in [1.82, 2.24) is 0 Å². The Balaban J connectivity index is 0.000000456. The van der Waals surface area contributed by atoms with Gasteiger partial charge in [0.2, 0.25) is 0 Å². The molecule has 0 saturated carbocycles. The van der Waals surface area contributed by atoms with Gasteiger partial charge in [-0.25, -0.2) is 24.0 Å². The third kappa shape index (κ3) is 18.3. The third-order valence-corrected chi connectivity index (χ3v) is 10.4. The SMILES string of the molecule is C=CC(=O)OCCCCCCCOc1ccccc1.CCCCCCCCOc1cc(N)c(-c2ccc(C(=O)Oc3ccc(COC(=O)c4cc(C(=O)O)ccc4C(=O)O)cc3)cc2)cc1[N+](=O)[O-]. The van der Waals surface area contributed by atoms with Crippen LogP contribution in [0.5, 0.6) is 17.2 Å². The summed E-state index contributed by atoms with van der Waals surface area (Å²) in [6, 6.07) is 27.9. The number of esters is 3. The van der Waals surface area contributed by atoms with Gasteiger partial charge < -0.3 is 39.6 Å². The molecule has 0 aliphatic carbocycles. The van der Waals surface area contributed by atoms with E-state index in [0.29, 0.717) is 29.9 Å². The number of anilines is 1. The first-order valence-corrected chi connectivity index (χ1v) is 22.7. The molecule has 364 valence electrons. The lowest BCUT2D eigenvalue weighted by atomic mass is 10.0. The quantitative estimate of drug-likeness (QED) is 0.00843. The number of hydrogen-bond acceptors (Lipinski definition) is 13. The van der Waals surface area contributed by atoms with Crippen molar-refractivity contribution >= 4 is 41.2 Å². The van der Waals surface area contributed by atoms with Crippen LogP contribution in [0.3, 0.4) is 0 Å². The van der Waals surface area contributed by atoms with E-state index in [-0.39, 0.29) is 46.6 Å². The summed E-state index contributed by atoms with van der Waals surface area (Å²) in [6.07, 6.45) is 12.9. The minimum absolute atomic E-state index is 0.104. The van der Waals surface area contributed by atoms with Crippen LogP contribution < -0.4 is 19.9 Å². The first-order chi connectivity index (χ1) is 33.3. The van der Waals surface area contributed by atoms with E-state index in [1.165, 1.54) is 61.0 Å². The molecule has 0 radical (unpaired) electrons. The molecule has 0 spiro atoms. The zero-order valence-electron chi connectivity index (χ0n) is 38.6. The van der Waals surface area contributed by atoms with Gasteiger partial charge in [0.1, 0.15) is 18.1 Å². The summed E-state index contributed by atoms with van der Waals surface area (Å²) in [5, 5.41) is 30.3. The normalized spacial score (nSPS) is 10.4. The Hall–Kier alpha value is -8.01. The number of nitro benzene ring substituents is 1. The number of nitrogen functional groups attached to an aromatic ring is 1. The molecule has 16 nitrogen and oxygen atoms in total. The maximum Gasteiger partial charge on any atom is 0.343 e. The Morgan fingerprint density at radius 1 is 0.638 bits per heavy atom. The van der Waals surface area contributed by atoms with Crippen molar-refractivity contribution in [3.8, 4) is 28.4 Å². The van der Waals surface area contributed by atoms with E-state index in [1.807, 2.05) is 30.3 Å². The van der Waals surface area contributed by atoms with E-state index < -0.39 is 39.9 Å². The summed E-state index contributed by atoms with van der Waals surface area (Å²) in [7, 11) is 0. The van der Waals surface area contributed by atoms with Crippen molar-refractivity contribution < 1.29 is 62.8 Å². The van der Waals surface area contributed by atoms with Crippen molar-refractivity contribution in [1.29, 1.82) is 0 Å². The Bertz CT molecular complexity index is 2490. The van der Waals surface area contributed by atoms with E-state index >= 15 is 0 Å². The smallest absolute Gasteiger partial charge is 0.343 e. The molecule has 0 bridgehead atoms. The van der Waals surface area contributed by atoms with E-state index in [0.717, 1.165) is 94.8 Å². The number of unbranched alkanes of at least 4 members (excludes halogenated alkanes) is 9. The van der Waals surface area contributed by atoms with Gasteiger partial charge in [-0.2, -0.15) is 0 Å². The van der Waals surface area contributed by atoms with Crippen LogP contribution in [0.1, 0.15) is 125 Å². The van der Waals surface area contributed by atoms with E-state index in [4.69, 9.17) is 29.4 Å². The molecule has 0 heterocycles. The first-order valence-electron chi connectivity index (χ1n) is 22.7. The summed E-state index contributed by atoms with van der Waals surface area (Å²) < 4.78 is 26.8. The number of carboxylic acid groups (broad SMARTS) is 2. The van der Waals surface area contributed by atoms with Gasteiger partial charge in [0.25, 0.3) is 0 Å². The van der Waals surface area contributed by atoms with Gasteiger partial charge in [0, 0.05) is 29.5 Å². The molecule has 0 unspecified atom stereocenters. The Morgan fingerprint density at radius 3 is 1.86 bits per heavy atom. The largest absolute Gasteiger partial charge is 0.494 e. The maximum absolute atomic E-state index is 12.8. The fourth-order valence-electron chi connectivity index (χ4n) is 6.69. The van der Waals surface area contributed by atoms with Crippen LogP contribution in [0, 0.1) is 10.1 Å². The van der Waals surface area contributed by atoms with E-state index in [2.05, 4.69) is 13.5 Å². The van der Waals surface area contributed by atoms with Crippen LogP contribution in [0.2, 0.25) is 0 Å². The Labute approximate surface area is 400 Å². The second-order valence-corrected chi connectivity index (χ2v) is 15.6. The summed E-state index contributed by atoms with van der Waals surface area (Å²) >= 11 is 0. The molecule has 0 aliphatic rings. The highest BCUT2D eigenvalue weighted by atomic mass is 16.6. The molecule has 5 aromatic carbocycles. The highest BCUT2D eigenvalue weighted by Gasteiger charge is 2.22. The van der Waals surface area contributed by atoms with Gasteiger partial charge in [-0.1, -0.05) is 107 Å². The average Bonchev–Trinajstić information content (AvgIpc) is 3.35. The van der Waals surface area contributed by atoms with Gasteiger partial charge in [0.05, 0.1) is 47.0 Å². The lowest BCUT2D eigenvalue weighted by molar-refractivity contribution is -0.385. The van der Waals surface area contributed by atoms with Crippen LogP contribution in [0.15, 0.2) is 122 Å². The zero-order chi connectivity index (χ0) is 50.0. The number of rotatable bonds is 27. The van der Waals surface area contributed by atoms with E-state index in [1.54, 1.807) is 12.1 Å². The van der Waals surface area contributed by atoms with E-state index in [9.17, 15) is 44.3 Å². The molecule has 0 saturated heterocycles. The molecule has 0 aromatic heterocycles. The lowest BCUT2D eigenvalue weighted by Gasteiger charge is -2.12. The number of nitro groups is 1. The molecule has 16 heteroatoms. The summed E-state index contributed by atoms with van der Waals surface area (Å²) in [4.78, 5) is 70.2. The number of carbonyl (C=O) groups excluding carboxylic acids is 3. The van der Waals surface area contributed by atoms with Gasteiger partial charge in [0.15, 0.2) is 5.75 Å². The number of ether oxygens (including phenoxy) is 5. The van der Waals surface area contributed by atoms with Crippen LogP contribution in [-0.4, -0.2) is 64.8 Å². The number of nitrogens with two attached hydrogens (primary N) is 1. The summed E-state index contributed by atoms with van der Waals surface area (Å²) in [5.41, 5.74) is 6.91. The highest BCUT2D eigenvalue weighted by Crippen LogP contribution is 2.37. The fourth-order valence-corrected chi connectivity index (χ4v) is 6.69. The second kappa shape index (κ2) is 28.9. The fraction of sp³-hybridized carbons (Fsp3) is 0.302. The zero-order valence-corrected chi connectivity index (χ0v) is 38.6. The number of hydrogen-bond donors (Lipinski definition) is 3. The highest BCUT2D eigenvalue weighted by molar-refractivity contribution is 6.04. The molecular formula is C53H58N2O14. The molecule has 69 heavy (non-hydrogen) atoms. The number of carboxylic acids is 2. The molecule has 5 aromatic rings. The van der Waals surface area contributed by atoms with Gasteiger partial charge in [-0.05, 0) is 85.0 Å². The minimum atomic E-state index is -1.42. The number of para-hydroxylation sites is 1. The van der Waals surface area contributed by atoms with Crippen molar-refractivity contribution in [3.63, 3.8) is 0 Å². The molecule has 0 fully saturated rings. The Morgan fingerprint density at radius 2 is 1.25 bits per heavy atom. The van der Waals surface area contributed by atoms with Crippen molar-refractivity contribution in [3.05, 3.63) is 160 Å². The number of aromatic carboxylic acids is 2. The van der Waals surface area contributed by atoms with Gasteiger partial charge in [-0.15, -0.1) is 0 Å². The van der Waals surface area contributed by atoms with Crippen LogP contribution in [0.25, 0.3) is 11.1 Å². The average molecular weight is 947 g/mol. The molecule has 5 rings (SSSR count).